The zero-order valence-corrected chi connectivity index (χ0v) is 13.0. The van der Waals surface area contributed by atoms with Crippen molar-refractivity contribution in [2.45, 2.75) is 6.54 Å². The van der Waals surface area contributed by atoms with Crippen molar-refractivity contribution < 1.29 is 18.3 Å². The van der Waals surface area contributed by atoms with Crippen molar-refractivity contribution in [3.8, 4) is 5.75 Å². The van der Waals surface area contributed by atoms with Gasteiger partial charge in [0.25, 0.3) is 5.91 Å². The van der Waals surface area contributed by atoms with Gasteiger partial charge in [0.1, 0.15) is 0 Å². The van der Waals surface area contributed by atoms with Crippen LogP contribution in [0.1, 0.15) is 16.1 Å². The third kappa shape index (κ3) is 3.53. The highest BCUT2D eigenvalue weighted by Crippen LogP contribution is 2.19. The standard InChI is InChI=1S/C17H19FN2O3/c1-22-15-5-4-13(11-14(15)18)12-19-6-8-20(9-7-19)17(21)16-3-2-10-23-16/h2-5,10-11H,6-9,12H2,1H3. The molecule has 0 aliphatic carbocycles. The predicted octanol–water partition coefficient (Wildman–Crippen LogP) is 2.39. The predicted molar refractivity (Wildman–Crippen MR) is 82.8 cm³/mol. The average Bonchev–Trinajstić information content (AvgIpc) is 3.09. The molecule has 6 heteroatoms. The molecule has 1 saturated heterocycles. The maximum atomic E-state index is 13.7. The van der Waals surface area contributed by atoms with E-state index in [0.29, 0.717) is 25.4 Å². The third-order valence-corrected chi connectivity index (χ3v) is 4.01. The highest BCUT2D eigenvalue weighted by atomic mass is 19.1. The van der Waals surface area contributed by atoms with Crippen LogP contribution in [0.25, 0.3) is 0 Å². The number of carbonyl (C=O) groups is 1. The number of halogens is 1. The van der Waals surface area contributed by atoms with Crippen LogP contribution in [0.3, 0.4) is 0 Å². The lowest BCUT2D eigenvalue weighted by Crippen LogP contribution is -2.48. The number of piperazine rings is 1. The largest absolute Gasteiger partial charge is 0.494 e. The van der Waals surface area contributed by atoms with E-state index in [1.807, 2.05) is 6.07 Å². The molecule has 1 fully saturated rings. The van der Waals surface area contributed by atoms with E-state index >= 15 is 0 Å². The van der Waals surface area contributed by atoms with E-state index in [9.17, 15) is 9.18 Å². The summed E-state index contributed by atoms with van der Waals surface area (Å²) in [6, 6.07) is 8.39. The summed E-state index contributed by atoms with van der Waals surface area (Å²) < 4.78 is 23.8. The van der Waals surface area contributed by atoms with Crippen LogP contribution < -0.4 is 4.74 Å². The van der Waals surface area contributed by atoms with E-state index in [1.54, 1.807) is 23.1 Å². The lowest BCUT2D eigenvalue weighted by molar-refractivity contribution is 0.0597. The molecule has 1 aliphatic rings. The number of carbonyl (C=O) groups excluding carboxylic acids is 1. The fraction of sp³-hybridized carbons (Fsp3) is 0.353. The molecule has 0 spiro atoms. The Kier molecular flexibility index (Phi) is 4.62. The molecule has 1 aromatic heterocycles. The van der Waals surface area contributed by atoms with Crippen LogP contribution in [0.2, 0.25) is 0 Å². The number of hydrogen-bond donors (Lipinski definition) is 0. The molecule has 1 amide bonds. The number of rotatable bonds is 4. The minimum atomic E-state index is -0.350. The monoisotopic (exact) mass is 318 g/mol. The normalized spacial score (nSPS) is 15.7. The van der Waals surface area contributed by atoms with Crippen molar-refractivity contribution in [2.24, 2.45) is 0 Å². The lowest BCUT2D eigenvalue weighted by atomic mass is 10.1. The second-order valence-corrected chi connectivity index (χ2v) is 5.51. The Hall–Kier alpha value is -2.34. The van der Waals surface area contributed by atoms with Gasteiger partial charge in [0.05, 0.1) is 13.4 Å². The van der Waals surface area contributed by atoms with E-state index in [0.717, 1.165) is 18.7 Å². The summed E-state index contributed by atoms with van der Waals surface area (Å²) in [5.74, 6) is 0.195. The summed E-state index contributed by atoms with van der Waals surface area (Å²) in [7, 11) is 1.45. The molecule has 0 N–H and O–H groups in total. The summed E-state index contributed by atoms with van der Waals surface area (Å²) >= 11 is 0. The molecule has 0 radical (unpaired) electrons. The first-order valence-electron chi connectivity index (χ1n) is 7.55. The zero-order chi connectivity index (χ0) is 16.2. The Morgan fingerprint density at radius 1 is 1.26 bits per heavy atom. The van der Waals surface area contributed by atoms with Crippen LogP contribution in [-0.2, 0) is 6.54 Å². The fourth-order valence-corrected chi connectivity index (χ4v) is 2.73. The van der Waals surface area contributed by atoms with Gasteiger partial charge in [-0.05, 0) is 29.8 Å². The molecule has 1 aliphatic heterocycles. The number of nitrogens with zero attached hydrogens (tertiary/aromatic N) is 2. The Bertz CT molecular complexity index is 664. The quantitative estimate of drug-likeness (QED) is 0.868. The topological polar surface area (TPSA) is 45.9 Å². The number of furan rings is 1. The number of hydrogen-bond acceptors (Lipinski definition) is 4. The van der Waals surface area contributed by atoms with Gasteiger partial charge >= 0.3 is 0 Å². The van der Waals surface area contributed by atoms with E-state index in [1.165, 1.54) is 19.4 Å². The maximum Gasteiger partial charge on any atom is 0.289 e. The van der Waals surface area contributed by atoms with Crippen LogP contribution in [0.15, 0.2) is 41.0 Å². The Morgan fingerprint density at radius 2 is 2.04 bits per heavy atom. The van der Waals surface area contributed by atoms with Crippen LogP contribution in [0.4, 0.5) is 4.39 Å². The van der Waals surface area contributed by atoms with Gasteiger partial charge in [-0.1, -0.05) is 6.07 Å². The average molecular weight is 318 g/mol. The Labute approximate surface area is 134 Å². The molecular weight excluding hydrogens is 299 g/mol. The van der Waals surface area contributed by atoms with Gasteiger partial charge in [0.15, 0.2) is 17.3 Å². The maximum absolute atomic E-state index is 13.7. The molecule has 0 atom stereocenters. The van der Waals surface area contributed by atoms with E-state index in [2.05, 4.69) is 4.90 Å². The minimum Gasteiger partial charge on any atom is -0.494 e. The first-order valence-corrected chi connectivity index (χ1v) is 7.55. The van der Waals surface area contributed by atoms with Gasteiger partial charge in [-0.25, -0.2) is 4.39 Å². The number of amides is 1. The molecule has 0 bridgehead atoms. The molecule has 0 saturated carbocycles. The lowest BCUT2D eigenvalue weighted by Gasteiger charge is -2.34. The first-order chi connectivity index (χ1) is 11.2. The number of methoxy groups -OCH3 is 1. The van der Waals surface area contributed by atoms with E-state index < -0.39 is 0 Å². The van der Waals surface area contributed by atoms with Gasteiger partial charge in [-0.3, -0.25) is 9.69 Å². The second kappa shape index (κ2) is 6.83. The van der Waals surface area contributed by atoms with Gasteiger partial charge in [-0.2, -0.15) is 0 Å². The summed E-state index contributed by atoms with van der Waals surface area (Å²) in [4.78, 5) is 16.2. The molecule has 0 unspecified atom stereocenters. The van der Waals surface area contributed by atoms with Crippen LogP contribution in [0, 0.1) is 5.82 Å². The highest BCUT2D eigenvalue weighted by Gasteiger charge is 2.23. The minimum absolute atomic E-state index is 0.0786. The SMILES string of the molecule is COc1ccc(CN2CCN(C(=O)c3ccco3)CC2)cc1F. The second-order valence-electron chi connectivity index (χ2n) is 5.51. The molecular formula is C17H19FN2O3. The van der Waals surface area contributed by atoms with Crippen molar-refractivity contribution in [3.63, 3.8) is 0 Å². The molecule has 2 heterocycles. The van der Waals surface area contributed by atoms with Crippen molar-refractivity contribution in [1.82, 2.24) is 9.80 Å². The van der Waals surface area contributed by atoms with Crippen LogP contribution in [-0.4, -0.2) is 49.0 Å². The molecule has 3 rings (SSSR count). The third-order valence-electron chi connectivity index (χ3n) is 4.01. The summed E-state index contributed by atoms with van der Waals surface area (Å²) in [5, 5.41) is 0. The molecule has 23 heavy (non-hydrogen) atoms. The molecule has 5 nitrogen and oxygen atoms in total. The van der Waals surface area contributed by atoms with Crippen molar-refractivity contribution >= 4 is 5.91 Å². The Balaban J connectivity index is 1.55. The van der Waals surface area contributed by atoms with E-state index in [-0.39, 0.29) is 17.5 Å². The van der Waals surface area contributed by atoms with Crippen LogP contribution >= 0.6 is 0 Å². The first kappa shape index (κ1) is 15.6. The fourth-order valence-electron chi connectivity index (χ4n) is 2.73. The summed E-state index contributed by atoms with van der Waals surface area (Å²) in [6.07, 6.45) is 1.50. The molecule has 2 aromatic rings. The van der Waals surface area contributed by atoms with Gasteiger partial charge < -0.3 is 14.1 Å². The molecule has 122 valence electrons. The van der Waals surface area contributed by atoms with Gasteiger partial charge in [-0.15, -0.1) is 0 Å². The molecule has 1 aromatic carbocycles. The summed E-state index contributed by atoms with van der Waals surface area (Å²) in [6.45, 7) is 3.43. The van der Waals surface area contributed by atoms with Crippen molar-refractivity contribution in [2.75, 3.05) is 33.3 Å². The van der Waals surface area contributed by atoms with Gasteiger partial charge in [0, 0.05) is 32.7 Å². The smallest absolute Gasteiger partial charge is 0.289 e. The number of benzene rings is 1. The van der Waals surface area contributed by atoms with Crippen molar-refractivity contribution in [1.29, 1.82) is 0 Å². The van der Waals surface area contributed by atoms with E-state index in [4.69, 9.17) is 9.15 Å². The van der Waals surface area contributed by atoms with Crippen molar-refractivity contribution in [3.05, 3.63) is 53.7 Å². The number of ether oxygens (including phenoxy) is 1. The van der Waals surface area contributed by atoms with Gasteiger partial charge in [0.2, 0.25) is 0 Å². The summed E-state index contributed by atoms with van der Waals surface area (Å²) in [5.41, 5.74) is 0.897. The van der Waals surface area contributed by atoms with Crippen LogP contribution in [0.5, 0.6) is 5.75 Å². The highest BCUT2D eigenvalue weighted by molar-refractivity contribution is 5.91. The zero-order valence-electron chi connectivity index (χ0n) is 13.0. The Morgan fingerprint density at radius 3 is 2.65 bits per heavy atom.